The summed E-state index contributed by atoms with van der Waals surface area (Å²) in [5.74, 6) is 0.632. The van der Waals surface area contributed by atoms with Crippen LogP contribution in [0.25, 0.3) is 0 Å². The van der Waals surface area contributed by atoms with Gasteiger partial charge in [-0.2, -0.15) is 0 Å². The Labute approximate surface area is 94.8 Å². The predicted molar refractivity (Wildman–Crippen MR) is 69.1 cm³/mol. The molecule has 0 fully saturated rings. The molecule has 15 heavy (non-hydrogen) atoms. The number of nitrogens with zero attached hydrogens (tertiary/aromatic N) is 2. The SMILES string of the molecule is C=NC(=NC(=C)C)c1ccccc1SC. The quantitative estimate of drug-likeness (QED) is 0.433. The molecular formula is C12H14N2S. The number of thioether (sulfide) groups is 1. The van der Waals surface area contributed by atoms with Crippen molar-refractivity contribution in [1.82, 2.24) is 0 Å². The minimum atomic E-state index is 0.632. The van der Waals surface area contributed by atoms with Crippen molar-refractivity contribution in [2.45, 2.75) is 11.8 Å². The summed E-state index contributed by atoms with van der Waals surface area (Å²) in [5.41, 5.74) is 1.73. The van der Waals surface area contributed by atoms with Crippen LogP contribution in [-0.4, -0.2) is 18.8 Å². The van der Waals surface area contributed by atoms with Crippen LogP contribution in [0.4, 0.5) is 0 Å². The molecule has 3 heteroatoms. The minimum Gasteiger partial charge on any atom is -0.245 e. The molecule has 0 saturated carbocycles. The number of rotatable bonds is 3. The normalized spacial score (nSPS) is 11.2. The Morgan fingerprint density at radius 1 is 1.33 bits per heavy atom. The van der Waals surface area contributed by atoms with Crippen molar-refractivity contribution in [1.29, 1.82) is 0 Å². The monoisotopic (exact) mass is 218 g/mol. The summed E-state index contributed by atoms with van der Waals surface area (Å²) >= 11 is 1.67. The second-order valence-electron chi connectivity index (χ2n) is 3.03. The van der Waals surface area contributed by atoms with Crippen molar-refractivity contribution in [3.63, 3.8) is 0 Å². The Morgan fingerprint density at radius 3 is 2.53 bits per heavy atom. The van der Waals surface area contributed by atoms with Gasteiger partial charge in [-0.1, -0.05) is 24.8 Å². The van der Waals surface area contributed by atoms with Crippen LogP contribution >= 0.6 is 11.8 Å². The van der Waals surface area contributed by atoms with Gasteiger partial charge < -0.3 is 0 Å². The summed E-state index contributed by atoms with van der Waals surface area (Å²) in [6.07, 6.45) is 2.03. The molecule has 0 aliphatic carbocycles. The Morgan fingerprint density at radius 2 is 2.00 bits per heavy atom. The molecule has 1 rings (SSSR count). The van der Waals surface area contributed by atoms with E-state index in [4.69, 9.17) is 0 Å². The van der Waals surface area contributed by atoms with Gasteiger partial charge >= 0.3 is 0 Å². The largest absolute Gasteiger partial charge is 0.245 e. The van der Waals surface area contributed by atoms with E-state index in [1.165, 1.54) is 0 Å². The molecular weight excluding hydrogens is 204 g/mol. The molecule has 0 amide bonds. The van der Waals surface area contributed by atoms with Gasteiger partial charge in [0.15, 0.2) is 5.84 Å². The lowest BCUT2D eigenvalue weighted by molar-refractivity contribution is 1.28. The van der Waals surface area contributed by atoms with Crippen LogP contribution in [0, 0.1) is 0 Å². The molecule has 1 aromatic carbocycles. The lowest BCUT2D eigenvalue weighted by Gasteiger charge is -2.05. The van der Waals surface area contributed by atoms with Crippen molar-refractivity contribution < 1.29 is 0 Å². The highest BCUT2D eigenvalue weighted by molar-refractivity contribution is 7.98. The summed E-state index contributed by atoms with van der Waals surface area (Å²) < 4.78 is 0. The lowest BCUT2D eigenvalue weighted by atomic mass is 10.2. The van der Waals surface area contributed by atoms with E-state index in [1.54, 1.807) is 11.8 Å². The van der Waals surface area contributed by atoms with Crippen LogP contribution in [-0.2, 0) is 0 Å². The van der Waals surface area contributed by atoms with Crippen LogP contribution in [0.15, 0.2) is 51.4 Å². The number of allylic oxidation sites excluding steroid dienone is 1. The number of aliphatic imine (C=N–C) groups is 2. The predicted octanol–water partition coefficient (Wildman–Crippen LogP) is 3.39. The average molecular weight is 218 g/mol. The molecule has 2 nitrogen and oxygen atoms in total. The lowest BCUT2D eigenvalue weighted by Crippen LogP contribution is -1.98. The molecule has 0 unspecified atom stereocenters. The number of amidine groups is 1. The van der Waals surface area contributed by atoms with Crippen molar-refractivity contribution in [2.75, 3.05) is 6.26 Å². The molecule has 0 heterocycles. The van der Waals surface area contributed by atoms with Crippen molar-refractivity contribution in [3.8, 4) is 0 Å². The molecule has 78 valence electrons. The van der Waals surface area contributed by atoms with Crippen molar-refractivity contribution in [3.05, 3.63) is 42.1 Å². The van der Waals surface area contributed by atoms with Gasteiger partial charge in [-0.3, -0.25) is 0 Å². The number of hydrogen-bond acceptors (Lipinski definition) is 2. The highest BCUT2D eigenvalue weighted by Crippen LogP contribution is 2.21. The van der Waals surface area contributed by atoms with Gasteiger partial charge in [-0.15, -0.1) is 11.8 Å². The molecule has 0 aromatic heterocycles. The maximum Gasteiger partial charge on any atom is 0.159 e. The number of benzene rings is 1. The fourth-order valence-corrected chi connectivity index (χ4v) is 1.78. The molecule has 0 atom stereocenters. The maximum atomic E-state index is 4.25. The number of hydrogen-bond donors (Lipinski definition) is 0. The molecule has 0 saturated heterocycles. The molecule has 1 aromatic rings. The highest BCUT2D eigenvalue weighted by Gasteiger charge is 2.05. The van der Waals surface area contributed by atoms with Gasteiger partial charge in [0.1, 0.15) is 0 Å². The minimum absolute atomic E-state index is 0.632. The Hall–Kier alpha value is -1.35. The van der Waals surface area contributed by atoms with Crippen molar-refractivity contribution >= 4 is 24.3 Å². The molecule has 0 spiro atoms. The van der Waals surface area contributed by atoms with E-state index < -0.39 is 0 Å². The highest BCUT2D eigenvalue weighted by atomic mass is 32.2. The van der Waals surface area contributed by atoms with E-state index in [-0.39, 0.29) is 0 Å². The molecule has 0 aliphatic rings. The summed E-state index contributed by atoms with van der Waals surface area (Å²) in [5, 5.41) is 0. The molecule has 0 N–H and O–H groups in total. The smallest absolute Gasteiger partial charge is 0.159 e. The molecule has 0 radical (unpaired) electrons. The third-order valence-electron chi connectivity index (χ3n) is 1.79. The Kier molecular flexibility index (Phi) is 4.31. The van der Waals surface area contributed by atoms with E-state index >= 15 is 0 Å². The van der Waals surface area contributed by atoms with E-state index in [1.807, 2.05) is 37.4 Å². The maximum absolute atomic E-state index is 4.25. The van der Waals surface area contributed by atoms with E-state index in [0.717, 1.165) is 16.2 Å². The van der Waals surface area contributed by atoms with Gasteiger partial charge in [0.05, 0.1) is 0 Å². The zero-order chi connectivity index (χ0) is 11.3. The summed E-state index contributed by atoms with van der Waals surface area (Å²) in [7, 11) is 0. The first-order valence-corrected chi connectivity index (χ1v) is 5.76. The Bertz CT molecular complexity index is 408. The summed E-state index contributed by atoms with van der Waals surface area (Å²) in [6.45, 7) is 9.12. The zero-order valence-electron chi connectivity index (χ0n) is 9.03. The van der Waals surface area contributed by atoms with Gasteiger partial charge in [0.25, 0.3) is 0 Å². The topological polar surface area (TPSA) is 24.7 Å². The fourth-order valence-electron chi connectivity index (χ4n) is 1.19. The molecule has 0 bridgehead atoms. The third kappa shape index (κ3) is 3.06. The van der Waals surface area contributed by atoms with E-state index in [2.05, 4.69) is 23.3 Å². The van der Waals surface area contributed by atoms with Crippen LogP contribution in [0.3, 0.4) is 0 Å². The van der Waals surface area contributed by atoms with Crippen LogP contribution in [0.5, 0.6) is 0 Å². The second kappa shape index (κ2) is 5.51. The van der Waals surface area contributed by atoms with Gasteiger partial charge in [0, 0.05) is 16.2 Å². The summed E-state index contributed by atoms with van der Waals surface area (Å²) in [4.78, 5) is 9.33. The van der Waals surface area contributed by atoms with Gasteiger partial charge in [-0.05, 0) is 26.0 Å². The third-order valence-corrected chi connectivity index (χ3v) is 2.59. The van der Waals surface area contributed by atoms with Crippen molar-refractivity contribution in [2.24, 2.45) is 9.98 Å². The second-order valence-corrected chi connectivity index (χ2v) is 3.88. The first-order chi connectivity index (χ1) is 7.19. The molecule has 0 aliphatic heterocycles. The van der Waals surface area contributed by atoms with Crippen LogP contribution in [0.2, 0.25) is 0 Å². The first kappa shape index (κ1) is 11.7. The van der Waals surface area contributed by atoms with E-state index in [9.17, 15) is 0 Å². The zero-order valence-corrected chi connectivity index (χ0v) is 9.84. The van der Waals surface area contributed by atoms with Gasteiger partial charge in [0.2, 0.25) is 0 Å². The summed E-state index contributed by atoms with van der Waals surface area (Å²) in [6, 6.07) is 7.99. The first-order valence-electron chi connectivity index (χ1n) is 4.53. The standard InChI is InChI=1S/C12H14N2S/c1-9(2)14-12(13-3)10-7-5-6-8-11(10)15-4/h5-8H,1,3H2,2,4H3. The van der Waals surface area contributed by atoms with E-state index in [0.29, 0.717) is 5.84 Å². The Balaban J connectivity index is 3.23. The average Bonchev–Trinajstić information content (AvgIpc) is 2.25. The van der Waals surface area contributed by atoms with Crippen LogP contribution in [0.1, 0.15) is 12.5 Å². The van der Waals surface area contributed by atoms with Crippen LogP contribution < -0.4 is 0 Å². The van der Waals surface area contributed by atoms with Gasteiger partial charge in [-0.25, -0.2) is 9.98 Å². The fraction of sp³-hybridized carbons (Fsp3) is 0.167.